The van der Waals surface area contributed by atoms with Crippen molar-refractivity contribution in [3.8, 4) is 5.75 Å². The van der Waals surface area contributed by atoms with Gasteiger partial charge in [-0.15, -0.1) is 0 Å². The lowest BCUT2D eigenvalue weighted by atomic mass is 9.90. The van der Waals surface area contributed by atoms with Crippen LogP contribution in [-0.2, 0) is 6.42 Å². The molecule has 0 aliphatic carbocycles. The van der Waals surface area contributed by atoms with E-state index in [9.17, 15) is 4.79 Å². The number of para-hydroxylation sites is 1. The second-order valence-corrected chi connectivity index (χ2v) is 4.56. The first kappa shape index (κ1) is 11.0. The van der Waals surface area contributed by atoms with Crippen molar-refractivity contribution in [2.24, 2.45) is 5.92 Å². The molecule has 1 heterocycles. The van der Waals surface area contributed by atoms with Gasteiger partial charge in [0, 0.05) is 0 Å². The Kier molecular flexibility index (Phi) is 2.85. The summed E-state index contributed by atoms with van der Waals surface area (Å²) in [5.74, 6) is 0.842. The van der Waals surface area contributed by atoms with Crippen LogP contribution in [0, 0.1) is 5.92 Å². The molecule has 18 heavy (non-hydrogen) atoms. The van der Waals surface area contributed by atoms with E-state index >= 15 is 0 Å². The van der Waals surface area contributed by atoms with Gasteiger partial charge in [-0.3, -0.25) is 4.79 Å². The van der Waals surface area contributed by atoms with Crippen LogP contribution in [0.3, 0.4) is 0 Å². The normalized spacial score (nSPS) is 18.0. The average Bonchev–Trinajstić information content (AvgIpc) is 2.43. The molecule has 0 unspecified atom stereocenters. The molecule has 1 aliphatic rings. The van der Waals surface area contributed by atoms with E-state index in [0.29, 0.717) is 17.9 Å². The molecule has 0 amide bonds. The Morgan fingerprint density at radius 2 is 1.72 bits per heavy atom. The number of fused-ring (bicyclic) bond motifs is 1. The summed E-state index contributed by atoms with van der Waals surface area (Å²) < 4.78 is 5.66. The zero-order valence-corrected chi connectivity index (χ0v) is 10.0. The second-order valence-electron chi connectivity index (χ2n) is 4.56. The molecule has 0 saturated heterocycles. The van der Waals surface area contributed by atoms with Crippen LogP contribution in [0.2, 0.25) is 0 Å². The molecule has 3 rings (SSSR count). The number of carbonyl (C=O) groups excluding carboxylic acids is 1. The smallest absolute Gasteiger partial charge is 0.173 e. The zero-order valence-electron chi connectivity index (χ0n) is 10.0. The fourth-order valence-corrected chi connectivity index (χ4v) is 2.33. The highest BCUT2D eigenvalue weighted by Gasteiger charge is 2.28. The molecule has 0 aromatic heterocycles. The van der Waals surface area contributed by atoms with Crippen LogP contribution in [0.1, 0.15) is 15.9 Å². The minimum Gasteiger partial charge on any atom is -0.492 e. The van der Waals surface area contributed by atoms with Crippen molar-refractivity contribution < 1.29 is 9.53 Å². The van der Waals surface area contributed by atoms with Crippen molar-refractivity contribution in [2.45, 2.75) is 6.42 Å². The Hall–Kier alpha value is -2.09. The van der Waals surface area contributed by atoms with Crippen molar-refractivity contribution in [3.05, 3.63) is 65.7 Å². The fourth-order valence-electron chi connectivity index (χ4n) is 2.33. The van der Waals surface area contributed by atoms with E-state index in [4.69, 9.17) is 4.74 Å². The first-order valence-electron chi connectivity index (χ1n) is 6.14. The van der Waals surface area contributed by atoms with E-state index in [1.165, 1.54) is 5.56 Å². The lowest BCUT2D eigenvalue weighted by molar-refractivity contribution is 0.0830. The summed E-state index contributed by atoms with van der Waals surface area (Å²) in [6.45, 7) is 0.477. The number of hydrogen-bond acceptors (Lipinski definition) is 2. The molecule has 0 bridgehead atoms. The van der Waals surface area contributed by atoms with Gasteiger partial charge in [0.25, 0.3) is 0 Å². The molecule has 0 radical (unpaired) electrons. The highest BCUT2D eigenvalue weighted by atomic mass is 16.5. The molecule has 1 atom stereocenters. The lowest BCUT2D eigenvalue weighted by Crippen LogP contribution is -2.29. The van der Waals surface area contributed by atoms with Gasteiger partial charge in [0.1, 0.15) is 5.75 Å². The Balaban J connectivity index is 1.83. The van der Waals surface area contributed by atoms with Crippen LogP contribution in [0.15, 0.2) is 54.6 Å². The van der Waals surface area contributed by atoms with Gasteiger partial charge in [-0.05, 0) is 24.1 Å². The Labute approximate surface area is 106 Å². The van der Waals surface area contributed by atoms with Crippen LogP contribution in [0.25, 0.3) is 0 Å². The van der Waals surface area contributed by atoms with Crippen LogP contribution in [0.5, 0.6) is 5.75 Å². The molecular formula is C16H14O2. The van der Waals surface area contributed by atoms with E-state index in [-0.39, 0.29) is 11.7 Å². The van der Waals surface area contributed by atoms with Crippen molar-refractivity contribution in [2.75, 3.05) is 6.61 Å². The third-order valence-electron chi connectivity index (χ3n) is 3.29. The second kappa shape index (κ2) is 4.65. The predicted molar refractivity (Wildman–Crippen MR) is 69.9 cm³/mol. The predicted octanol–water partition coefficient (Wildman–Crippen LogP) is 3.12. The first-order valence-corrected chi connectivity index (χ1v) is 6.14. The maximum atomic E-state index is 12.3. The summed E-state index contributed by atoms with van der Waals surface area (Å²) in [5, 5.41) is 0. The van der Waals surface area contributed by atoms with E-state index in [1.807, 2.05) is 54.6 Å². The summed E-state index contributed by atoms with van der Waals surface area (Å²) in [6, 6.07) is 17.5. The van der Waals surface area contributed by atoms with E-state index in [0.717, 1.165) is 6.42 Å². The number of hydrogen-bond donors (Lipinski definition) is 0. The van der Waals surface area contributed by atoms with Crippen molar-refractivity contribution in [1.82, 2.24) is 0 Å². The van der Waals surface area contributed by atoms with Gasteiger partial charge in [0.05, 0.1) is 18.1 Å². The Morgan fingerprint density at radius 1 is 1.00 bits per heavy atom. The van der Waals surface area contributed by atoms with Gasteiger partial charge in [-0.25, -0.2) is 0 Å². The summed E-state index contributed by atoms with van der Waals surface area (Å²) in [4.78, 5) is 12.3. The van der Waals surface area contributed by atoms with E-state index < -0.39 is 0 Å². The molecule has 0 spiro atoms. The van der Waals surface area contributed by atoms with E-state index in [2.05, 4.69) is 0 Å². The molecule has 2 aromatic rings. The van der Waals surface area contributed by atoms with E-state index in [1.54, 1.807) is 0 Å². The third kappa shape index (κ3) is 2.02. The van der Waals surface area contributed by atoms with Gasteiger partial charge in [-0.1, -0.05) is 42.5 Å². The van der Waals surface area contributed by atoms with Crippen molar-refractivity contribution in [1.29, 1.82) is 0 Å². The van der Waals surface area contributed by atoms with Crippen LogP contribution >= 0.6 is 0 Å². The maximum Gasteiger partial charge on any atom is 0.173 e. The lowest BCUT2D eigenvalue weighted by Gasteiger charge is -2.24. The molecular weight excluding hydrogens is 224 g/mol. The van der Waals surface area contributed by atoms with Crippen LogP contribution < -0.4 is 4.74 Å². The number of ketones is 1. The largest absolute Gasteiger partial charge is 0.492 e. The summed E-state index contributed by atoms with van der Waals surface area (Å²) in [6.07, 6.45) is 0.744. The number of carbonyl (C=O) groups is 1. The summed E-state index contributed by atoms with van der Waals surface area (Å²) >= 11 is 0. The molecule has 0 N–H and O–H groups in total. The van der Waals surface area contributed by atoms with Gasteiger partial charge in [0.15, 0.2) is 5.78 Å². The third-order valence-corrected chi connectivity index (χ3v) is 3.29. The topological polar surface area (TPSA) is 26.3 Å². The first-order chi connectivity index (χ1) is 8.84. The molecule has 0 fully saturated rings. The minimum absolute atomic E-state index is 0.0673. The molecule has 2 aromatic carbocycles. The van der Waals surface area contributed by atoms with Crippen LogP contribution in [-0.4, -0.2) is 12.4 Å². The summed E-state index contributed by atoms with van der Waals surface area (Å²) in [7, 11) is 0. The molecule has 0 saturated carbocycles. The number of ether oxygens (including phenoxy) is 1. The maximum absolute atomic E-state index is 12.3. The SMILES string of the molecule is O=C1c2ccccc2OC[C@H]1Cc1ccccc1. The van der Waals surface area contributed by atoms with Gasteiger partial charge in [0.2, 0.25) is 0 Å². The van der Waals surface area contributed by atoms with Gasteiger partial charge >= 0.3 is 0 Å². The van der Waals surface area contributed by atoms with Gasteiger partial charge < -0.3 is 4.74 Å². The number of Topliss-reactive ketones (excluding diaryl/α,β-unsaturated/α-hetero) is 1. The van der Waals surface area contributed by atoms with Crippen molar-refractivity contribution >= 4 is 5.78 Å². The quantitative estimate of drug-likeness (QED) is 0.803. The molecule has 1 aliphatic heterocycles. The number of benzene rings is 2. The average molecular weight is 238 g/mol. The zero-order chi connectivity index (χ0) is 12.4. The summed E-state index contributed by atoms with van der Waals surface area (Å²) in [5.41, 5.74) is 1.89. The monoisotopic (exact) mass is 238 g/mol. The molecule has 90 valence electrons. The minimum atomic E-state index is -0.0673. The van der Waals surface area contributed by atoms with Crippen molar-refractivity contribution in [3.63, 3.8) is 0 Å². The van der Waals surface area contributed by atoms with Crippen LogP contribution in [0.4, 0.5) is 0 Å². The Morgan fingerprint density at radius 3 is 2.56 bits per heavy atom. The molecule has 2 nitrogen and oxygen atoms in total. The standard InChI is InChI=1S/C16H14O2/c17-16-13(10-12-6-2-1-3-7-12)11-18-15-9-5-4-8-14(15)16/h1-9,13H,10-11H2/t13-/m1/s1. The molecule has 2 heteroatoms. The number of rotatable bonds is 2. The fraction of sp³-hybridized carbons (Fsp3) is 0.188. The van der Waals surface area contributed by atoms with Gasteiger partial charge in [-0.2, -0.15) is 0 Å². The highest BCUT2D eigenvalue weighted by molar-refractivity contribution is 6.01. The highest BCUT2D eigenvalue weighted by Crippen LogP contribution is 2.28. The Bertz CT molecular complexity index is 560.